The first-order valence-corrected chi connectivity index (χ1v) is 8.03. The molecule has 2 aliphatic rings. The zero-order valence-corrected chi connectivity index (χ0v) is 15.6. The van der Waals surface area contributed by atoms with Crippen molar-refractivity contribution in [2.24, 2.45) is 10.9 Å². The maximum atomic E-state index is 5.85. The summed E-state index contributed by atoms with van der Waals surface area (Å²) in [6, 6.07) is 0.617. The van der Waals surface area contributed by atoms with Crippen molar-refractivity contribution in [2.45, 2.75) is 51.7 Å². The minimum Gasteiger partial charge on any atom is -0.381 e. The molecule has 0 spiro atoms. The predicted molar refractivity (Wildman–Crippen MR) is 96.5 cm³/mol. The van der Waals surface area contributed by atoms with Crippen LogP contribution in [0, 0.1) is 5.92 Å². The van der Waals surface area contributed by atoms with Crippen LogP contribution in [0.15, 0.2) is 4.99 Å². The summed E-state index contributed by atoms with van der Waals surface area (Å²) in [5.41, 5.74) is 0. The Kier molecular flexibility index (Phi) is 9.59. The molecule has 21 heavy (non-hydrogen) atoms. The first kappa shape index (κ1) is 19.0. The minimum atomic E-state index is 0. The van der Waals surface area contributed by atoms with E-state index in [0.29, 0.717) is 12.1 Å². The zero-order valence-electron chi connectivity index (χ0n) is 13.3. The minimum absolute atomic E-state index is 0. The Morgan fingerprint density at radius 1 is 1.33 bits per heavy atom. The van der Waals surface area contributed by atoms with Gasteiger partial charge in [-0.3, -0.25) is 4.99 Å². The second-order valence-corrected chi connectivity index (χ2v) is 5.76. The SMILES string of the molecule is CCNC(=NCCCOC1CCOCC1)NC1CC1C.I. The van der Waals surface area contributed by atoms with Crippen molar-refractivity contribution < 1.29 is 9.47 Å². The van der Waals surface area contributed by atoms with Gasteiger partial charge in [-0.1, -0.05) is 6.92 Å². The molecular weight excluding hydrogens is 381 g/mol. The van der Waals surface area contributed by atoms with Crippen LogP contribution in [0.1, 0.15) is 39.5 Å². The molecule has 2 rings (SSSR count). The maximum Gasteiger partial charge on any atom is 0.191 e. The lowest BCUT2D eigenvalue weighted by Gasteiger charge is -2.22. The van der Waals surface area contributed by atoms with E-state index in [9.17, 15) is 0 Å². The number of nitrogens with one attached hydrogen (secondary N) is 2. The van der Waals surface area contributed by atoms with Crippen molar-refractivity contribution >= 4 is 29.9 Å². The smallest absolute Gasteiger partial charge is 0.191 e. The average molecular weight is 411 g/mol. The van der Waals surface area contributed by atoms with Crippen LogP contribution in [-0.2, 0) is 9.47 Å². The second kappa shape index (κ2) is 10.6. The van der Waals surface area contributed by atoms with Gasteiger partial charge in [-0.15, -0.1) is 24.0 Å². The Bertz CT molecular complexity index is 309. The molecule has 2 N–H and O–H groups in total. The topological polar surface area (TPSA) is 54.9 Å². The van der Waals surface area contributed by atoms with Gasteiger partial charge in [0, 0.05) is 39.0 Å². The molecule has 1 saturated heterocycles. The van der Waals surface area contributed by atoms with E-state index in [1.165, 1.54) is 6.42 Å². The Morgan fingerprint density at radius 3 is 2.67 bits per heavy atom. The van der Waals surface area contributed by atoms with Crippen LogP contribution in [0.5, 0.6) is 0 Å². The predicted octanol–water partition coefficient (Wildman–Crippen LogP) is 2.15. The molecule has 0 aromatic rings. The number of halogens is 1. The molecule has 0 radical (unpaired) electrons. The van der Waals surface area contributed by atoms with Gasteiger partial charge in [-0.2, -0.15) is 0 Å². The molecule has 124 valence electrons. The Morgan fingerprint density at radius 2 is 2.05 bits per heavy atom. The molecule has 5 nitrogen and oxygen atoms in total. The van der Waals surface area contributed by atoms with E-state index >= 15 is 0 Å². The third-order valence-electron chi connectivity index (χ3n) is 3.87. The number of guanidine groups is 1. The molecule has 1 aliphatic carbocycles. The molecule has 0 amide bonds. The van der Waals surface area contributed by atoms with Crippen molar-refractivity contribution in [3.63, 3.8) is 0 Å². The lowest BCUT2D eigenvalue weighted by atomic mass is 10.1. The molecule has 0 aromatic heterocycles. The van der Waals surface area contributed by atoms with Crippen LogP contribution in [0.2, 0.25) is 0 Å². The molecule has 0 bridgehead atoms. The Hall–Kier alpha value is -0.0800. The molecule has 2 fully saturated rings. The van der Waals surface area contributed by atoms with Crippen LogP contribution >= 0.6 is 24.0 Å². The summed E-state index contributed by atoms with van der Waals surface area (Å²) in [4.78, 5) is 4.60. The van der Waals surface area contributed by atoms with E-state index in [2.05, 4.69) is 29.5 Å². The highest BCUT2D eigenvalue weighted by Gasteiger charge is 2.33. The molecular formula is C15H30IN3O2. The molecule has 0 aromatic carbocycles. The van der Waals surface area contributed by atoms with E-state index in [-0.39, 0.29) is 24.0 Å². The highest BCUT2D eigenvalue weighted by atomic mass is 127. The summed E-state index contributed by atoms with van der Waals surface area (Å²) in [5, 5.41) is 6.76. The van der Waals surface area contributed by atoms with Gasteiger partial charge >= 0.3 is 0 Å². The monoisotopic (exact) mass is 411 g/mol. The van der Waals surface area contributed by atoms with Gasteiger partial charge in [0.15, 0.2) is 5.96 Å². The third kappa shape index (κ3) is 7.65. The third-order valence-corrected chi connectivity index (χ3v) is 3.87. The number of rotatable bonds is 7. The molecule has 2 atom stereocenters. The summed E-state index contributed by atoms with van der Waals surface area (Å²) in [6.07, 6.45) is 4.71. The van der Waals surface area contributed by atoms with E-state index in [4.69, 9.17) is 9.47 Å². The molecule has 2 unspecified atom stereocenters. The molecule has 1 saturated carbocycles. The van der Waals surface area contributed by atoms with Gasteiger partial charge in [-0.05, 0) is 38.5 Å². The van der Waals surface area contributed by atoms with Crippen LogP contribution in [0.4, 0.5) is 0 Å². The lowest BCUT2D eigenvalue weighted by molar-refractivity contribution is -0.0318. The van der Waals surface area contributed by atoms with Gasteiger partial charge in [0.05, 0.1) is 6.10 Å². The summed E-state index contributed by atoms with van der Waals surface area (Å²) in [6.45, 7) is 8.58. The van der Waals surface area contributed by atoms with Crippen LogP contribution in [0.25, 0.3) is 0 Å². The number of aliphatic imine (C=N–C) groups is 1. The fraction of sp³-hybridized carbons (Fsp3) is 0.933. The van der Waals surface area contributed by atoms with Crippen molar-refractivity contribution in [1.29, 1.82) is 0 Å². The molecule has 1 heterocycles. The zero-order chi connectivity index (χ0) is 14.2. The highest BCUT2D eigenvalue weighted by Crippen LogP contribution is 2.28. The van der Waals surface area contributed by atoms with Crippen LogP contribution in [0.3, 0.4) is 0 Å². The Balaban J connectivity index is 0.00000220. The first-order valence-electron chi connectivity index (χ1n) is 8.03. The summed E-state index contributed by atoms with van der Waals surface area (Å²) >= 11 is 0. The van der Waals surface area contributed by atoms with Crippen LogP contribution < -0.4 is 10.6 Å². The summed E-state index contributed by atoms with van der Waals surface area (Å²) in [7, 11) is 0. The number of hydrogen-bond acceptors (Lipinski definition) is 3. The van der Waals surface area contributed by atoms with E-state index in [0.717, 1.165) is 64.1 Å². The van der Waals surface area contributed by atoms with Gasteiger partial charge in [0.1, 0.15) is 0 Å². The van der Waals surface area contributed by atoms with Crippen molar-refractivity contribution in [3.8, 4) is 0 Å². The summed E-state index contributed by atoms with van der Waals surface area (Å²) in [5.74, 6) is 1.74. The fourth-order valence-corrected chi connectivity index (χ4v) is 2.37. The van der Waals surface area contributed by atoms with Crippen molar-refractivity contribution in [1.82, 2.24) is 10.6 Å². The van der Waals surface area contributed by atoms with Gasteiger partial charge in [0.25, 0.3) is 0 Å². The van der Waals surface area contributed by atoms with Gasteiger partial charge in [-0.25, -0.2) is 0 Å². The summed E-state index contributed by atoms with van der Waals surface area (Å²) < 4.78 is 11.2. The van der Waals surface area contributed by atoms with E-state index in [1.54, 1.807) is 0 Å². The highest BCUT2D eigenvalue weighted by molar-refractivity contribution is 14.0. The number of nitrogens with zero attached hydrogens (tertiary/aromatic N) is 1. The quantitative estimate of drug-likeness (QED) is 0.292. The molecule has 1 aliphatic heterocycles. The Labute approximate surface area is 145 Å². The maximum absolute atomic E-state index is 5.85. The largest absolute Gasteiger partial charge is 0.381 e. The number of hydrogen-bond donors (Lipinski definition) is 2. The van der Waals surface area contributed by atoms with Crippen molar-refractivity contribution in [2.75, 3.05) is 32.9 Å². The molecule has 6 heteroatoms. The van der Waals surface area contributed by atoms with Gasteiger partial charge < -0.3 is 20.1 Å². The first-order chi connectivity index (χ1) is 9.79. The normalized spacial score (nSPS) is 26.1. The average Bonchev–Trinajstić information content (AvgIpc) is 3.15. The number of ether oxygens (including phenoxy) is 2. The van der Waals surface area contributed by atoms with E-state index in [1.807, 2.05) is 0 Å². The van der Waals surface area contributed by atoms with Gasteiger partial charge in [0.2, 0.25) is 0 Å². The van der Waals surface area contributed by atoms with Crippen LogP contribution in [-0.4, -0.2) is 51.0 Å². The standard InChI is InChI=1S/C15H29N3O2.HI/c1-3-16-15(18-14-11-12(14)2)17-7-4-8-20-13-5-9-19-10-6-13;/h12-14H,3-11H2,1-2H3,(H2,16,17,18);1H. The van der Waals surface area contributed by atoms with Crippen molar-refractivity contribution in [3.05, 3.63) is 0 Å². The van der Waals surface area contributed by atoms with E-state index < -0.39 is 0 Å². The lowest BCUT2D eigenvalue weighted by Crippen LogP contribution is -2.39. The second-order valence-electron chi connectivity index (χ2n) is 5.76. The fourth-order valence-electron chi connectivity index (χ4n) is 2.37.